The van der Waals surface area contributed by atoms with Crippen LogP contribution in [0.3, 0.4) is 0 Å². The van der Waals surface area contributed by atoms with Crippen LogP contribution in [0.2, 0.25) is 0 Å². The maximum Gasteiger partial charge on any atom is 0.227 e. The van der Waals surface area contributed by atoms with Crippen molar-refractivity contribution in [2.24, 2.45) is 0 Å². The molecular weight excluding hydrogens is 478 g/mol. The van der Waals surface area contributed by atoms with Crippen LogP contribution >= 0.6 is 0 Å². The van der Waals surface area contributed by atoms with Gasteiger partial charge in [-0.05, 0) is 35.7 Å². The van der Waals surface area contributed by atoms with E-state index in [1.54, 1.807) is 12.1 Å². The quantitative estimate of drug-likeness (QED) is 0.231. The Morgan fingerprint density at radius 2 is 1.57 bits per heavy atom. The smallest absolute Gasteiger partial charge is 0.227 e. The molecule has 0 fully saturated rings. The number of hydrogen-bond donors (Lipinski definition) is 3. The molecule has 9 heteroatoms. The average Bonchev–Trinajstić information content (AvgIpc) is 2.89. The molecule has 0 aliphatic carbocycles. The predicted octanol–water partition coefficient (Wildman–Crippen LogP) is 2.68. The summed E-state index contributed by atoms with van der Waals surface area (Å²) < 4.78 is 16.8. The summed E-state index contributed by atoms with van der Waals surface area (Å²) in [4.78, 5) is 28.5. The maximum atomic E-state index is 13.9. The van der Waals surface area contributed by atoms with E-state index in [4.69, 9.17) is 14.2 Å². The maximum absolute atomic E-state index is 13.9. The van der Waals surface area contributed by atoms with E-state index in [0.29, 0.717) is 23.3 Å². The highest BCUT2D eigenvalue weighted by Gasteiger charge is 2.28. The van der Waals surface area contributed by atoms with E-state index >= 15 is 0 Å². The predicted molar refractivity (Wildman–Crippen MR) is 140 cm³/mol. The van der Waals surface area contributed by atoms with Gasteiger partial charge in [0.1, 0.15) is 24.7 Å². The molecule has 3 N–H and O–H groups in total. The monoisotopic (exact) mass is 513 g/mol. The molecule has 1 amide bonds. The van der Waals surface area contributed by atoms with Gasteiger partial charge in [-0.2, -0.15) is 0 Å². The lowest BCUT2D eigenvalue weighted by molar-refractivity contribution is -0.131. The zero-order valence-electron chi connectivity index (χ0n) is 21.4. The SMILES string of the molecule is C=CCOc1cc(OCC=C)c(C(=O)c2ccc(OC)c(O)c2)c(CC(=O)N(CCO)CCO)c1CC. The number of aliphatic hydroxyl groups is 2. The first-order valence-electron chi connectivity index (χ1n) is 11.9. The van der Waals surface area contributed by atoms with Crippen molar-refractivity contribution in [1.82, 2.24) is 4.90 Å². The Bertz CT molecular complexity index is 1110. The largest absolute Gasteiger partial charge is 0.504 e. The third kappa shape index (κ3) is 7.34. The molecule has 9 nitrogen and oxygen atoms in total. The first kappa shape index (κ1) is 29.4. The molecule has 0 saturated carbocycles. The van der Waals surface area contributed by atoms with Crippen LogP contribution in [0, 0.1) is 0 Å². The van der Waals surface area contributed by atoms with Gasteiger partial charge in [0.05, 0.1) is 32.3 Å². The third-order valence-corrected chi connectivity index (χ3v) is 5.63. The molecule has 0 radical (unpaired) electrons. The van der Waals surface area contributed by atoms with Crippen LogP contribution in [-0.2, 0) is 17.6 Å². The van der Waals surface area contributed by atoms with Crippen LogP contribution in [0.15, 0.2) is 49.6 Å². The van der Waals surface area contributed by atoms with Crippen LogP contribution < -0.4 is 14.2 Å². The normalized spacial score (nSPS) is 10.5. The van der Waals surface area contributed by atoms with E-state index in [1.165, 1.54) is 36.3 Å². The van der Waals surface area contributed by atoms with Crippen LogP contribution in [0.5, 0.6) is 23.0 Å². The summed E-state index contributed by atoms with van der Waals surface area (Å²) >= 11 is 0. The minimum absolute atomic E-state index is 0.0307. The van der Waals surface area contributed by atoms with Crippen LogP contribution in [0.25, 0.3) is 0 Å². The minimum atomic E-state index is -0.472. The van der Waals surface area contributed by atoms with Crippen LogP contribution in [-0.4, -0.2) is 78.5 Å². The number of ketones is 1. The van der Waals surface area contributed by atoms with Crippen molar-refractivity contribution in [1.29, 1.82) is 0 Å². The third-order valence-electron chi connectivity index (χ3n) is 5.63. The van der Waals surface area contributed by atoms with Crippen molar-refractivity contribution >= 4 is 11.7 Å². The number of phenolic OH excluding ortho intramolecular Hbond substituents is 1. The van der Waals surface area contributed by atoms with E-state index in [2.05, 4.69) is 13.2 Å². The van der Waals surface area contributed by atoms with Crippen LogP contribution in [0.1, 0.15) is 34.0 Å². The van der Waals surface area contributed by atoms with Crippen molar-refractivity contribution in [3.8, 4) is 23.0 Å². The Balaban J connectivity index is 2.79. The van der Waals surface area contributed by atoms with Gasteiger partial charge in [0, 0.05) is 24.7 Å². The van der Waals surface area contributed by atoms with E-state index in [0.717, 1.165) is 0 Å². The second-order valence-corrected chi connectivity index (χ2v) is 7.98. The summed E-state index contributed by atoms with van der Waals surface area (Å²) in [6.45, 7) is 9.02. The lowest BCUT2D eigenvalue weighted by Crippen LogP contribution is -2.37. The molecule has 2 aromatic rings. The van der Waals surface area contributed by atoms with Gasteiger partial charge in [-0.25, -0.2) is 0 Å². The number of ether oxygens (including phenoxy) is 3. The van der Waals surface area contributed by atoms with Gasteiger partial charge in [0.15, 0.2) is 17.3 Å². The number of nitrogens with zero attached hydrogens (tertiary/aromatic N) is 1. The van der Waals surface area contributed by atoms with E-state index in [-0.39, 0.29) is 80.2 Å². The molecule has 0 aromatic heterocycles. The molecule has 0 heterocycles. The van der Waals surface area contributed by atoms with Gasteiger partial charge in [-0.1, -0.05) is 32.2 Å². The fraction of sp³-hybridized carbons (Fsp3) is 0.357. The summed E-state index contributed by atoms with van der Waals surface area (Å²) in [5.74, 6) is -0.232. The summed E-state index contributed by atoms with van der Waals surface area (Å²) in [5.41, 5.74) is 1.35. The number of phenols is 1. The lowest BCUT2D eigenvalue weighted by atomic mass is 9.89. The van der Waals surface area contributed by atoms with Gasteiger partial charge in [0.25, 0.3) is 0 Å². The second-order valence-electron chi connectivity index (χ2n) is 7.98. The summed E-state index contributed by atoms with van der Waals surface area (Å²) in [6.07, 6.45) is 3.34. The molecule has 2 rings (SSSR count). The van der Waals surface area contributed by atoms with Crippen molar-refractivity contribution in [2.45, 2.75) is 19.8 Å². The molecule has 0 unspecified atom stereocenters. The van der Waals surface area contributed by atoms with Gasteiger partial charge in [0.2, 0.25) is 5.91 Å². The molecule has 0 spiro atoms. The van der Waals surface area contributed by atoms with Crippen molar-refractivity contribution in [3.05, 3.63) is 71.8 Å². The van der Waals surface area contributed by atoms with Crippen molar-refractivity contribution in [3.63, 3.8) is 0 Å². The highest BCUT2D eigenvalue weighted by atomic mass is 16.5. The molecule has 0 aliphatic rings. The molecule has 0 atom stereocenters. The first-order chi connectivity index (χ1) is 17.9. The number of carbonyl (C=O) groups is 2. The van der Waals surface area contributed by atoms with Gasteiger partial charge >= 0.3 is 0 Å². The highest BCUT2D eigenvalue weighted by molar-refractivity contribution is 6.13. The fourth-order valence-electron chi connectivity index (χ4n) is 3.94. The Labute approximate surface area is 217 Å². The first-order valence-corrected chi connectivity index (χ1v) is 11.9. The topological polar surface area (TPSA) is 126 Å². The zero-order chi connectivity index (χ0) is 27.4. The molecule has 0 bridgehead atoms. The number of rotatable bonds is 16. The minimum Gasteiger partial charge on any atom is -0.504 e. The molecular formula is C28H35NO8. The zero-order valence-corrected chi connectivity index (χ0v) is 21.4. The van der Waals surface area contributed by atoms with Gasteiger partial charge in [-0.3, -0.25) is 9.59 Å². The number of methoxy groups -OCH3 is 1. The number of hydrogen-bond acceptors (Lipinski definition) is 8. The van der Waals surface area contributed by atoms with E-state index in [1.807, 2.05) is 6.92 Å². The number of aromatic hydroxyl groups is 1. The van der Waals surface area contributed by atoms with Crippen molar-refractivity contribution < 1.29 is 39.1 Å². The lowest BCUT2D eigenvalue weighted by Gasteiger charge is -2.24. The molecule has 200 valence electrons. The molecule has 2 aromatic carbocycles. The summed E-state index contributed by atoms with van der Waals surface area (Å²) in [7, 11) is 1.40. The molecule has 37 heavy (non-hydrogen) atoms. The Morgan fingerprint density at radius 1 is 0.946 bits per heavy atom. The van der Waals surface area contributed by atoms with Crippen LogP contribution in [0.4, 0.5) is 0 Å². The van der Waals surface area contributed by atoms with Gasteiger partial charge < -0.3 is 34.4 Å². The van der Waals surface area contributed by atoms with E-state index < -0.39 is 5.78 Å². The Hall–Kier alpha value is -3.82. The average molecular weight is 514 g/mol. The fourth-order valence-corrected chi connectivity index (χ4v) is 3.94. The summed E-state index contributed by atoms with van der Waals surface area (Å²) in [5, 5.41) is 29.1. The summed E-state index contributed by atoms with van der Waals surface area (Å²) in [6, 6.07) is 5.89. The number of benzene rings is 2. The number of carbonyl (C=O) groups excluding carboxylic acids is 2. The Kier molecular flexibility index (Phi) is 11.7. The Morgan fingerprint density at radius 3 is 2.08 bits per heavy atom. The van der Waals surface area contributed by atoms with Gasteiger partial charge in [-0.15, -0.1) is 0 Å². The molecule has 0 aliphatic heterocycles. The molecule has 0 saturated heterocycles. The second kappa shape index (κ2) is 14.7. The highest BCUT2D eigenvalue weighted by Crippen LogP contribution is 2.38. The van der Waals surface area contributed by atoms with E-state index in [9.17, 15) is 24.9 Å². The standard InChI is InChI=1S/C28H35NO8/c1-5-14-36-24-18-25(37-15-6-2)27(28(34)19-8-9-23(35-4)22(32)16-19)21(20(24)7-3)17-26(33)29(10-12-30)11-13-31/h5-6,8-9,16,18,30-32H,1-2,7,10-15,17H2,3-4H3. The van der Waals surface area contributed by atoms with Crippen molar-refractivity contribution in [2.75, 3.05) is 46.6 Å². The number of amides is 1. The number of aliphatic hydroxyl groups excluding tert-OH is 2.